The van der Waals surface area contributed by atoms with Crippen molar-refractivity contribution in [2.75, 3.05) is 25.5 Å². The first-order chi connectivity index (χ1) is 8.59. The highest BCUT2D eigenvalue weighted by Crippen LogP contribution is 2.20. The molecule has 1 amide bonds. The standard InChI is InChI=1S/C15H22N2O.ClH/c1-12-7-9-13(10-8-12)17(3)15(18)14-6-4-5-11-16(14)2;/h7-10,14H,4-6,11H2,1-3H3;1H. The molecule has 3 nitrogen and oxygen atoms in total. The molecule has 0 bridgehead atoms. The summed E-state index contributed by atoms with van der Waals surface area (Å²) in [5.74, 6) is 0.209. The van der Waals surface area contributed by atoms with Crippen molar-refractivity contribution >= 4 is 24.0 Å². The van der Waals surface area contributed by atoms with Crippen molar-refractivity contribution in [1.82, 2.24) is 4.90 Å². The van der Waals surface area contributed by atoms with Crippen LogP contribution in [0, 0.1) is 6.92 Å². The molecule has 4 heteroatoms. The average Bonchev–Trinajstić information content (AvgIpc) is 2.38. The molecule has 0 N–H and O–H groups in total. The lowest BCUT2D eigenvalue weighted by atomic mass is 10.0. The molecule has 0 spiro atoms. The van der Waals surface area contributed by atoms with Gasteiger partial charge in [-0.05, 0) is 45.5 Å². The van der Waals surface area contributed by atoms with E-state index in [9.17, 15) is 4.79 Å². The third-order valence-corrected chi connectivity index (χ3v) is 3.81. The highest BCUT2D eigenvalue weighted by molar-refractivity contribution is 5.96. The Morgan fingerprint density at radius 1 is 1.26 bits per heavy atom. The third-order valence-electron chi connectivity index (χ3n) is 3.81. The second-order valence-electron chi connectivity index (χ2n) is 5.22. The molecule has 1 aromatic rings. The summed E-state index contributed by atoms with van der Waals surface area (Å²) in [6.45, 7) is 3.08. The molecule has 0 saturated carbocycles. The number of rotatable bonds is 2. The van der Waals surface area contributed by atoms with Gasteiger partial charge in [-0.2, -0.15) is 0 Å². The fourth-order valence-corrected chi connectivity index (χ4v) is 2.51. The topological polar surface area (TPSA) is 23.6 Å². The Hall–Kier alpha value is -1.06. The van der Waals surface area contributed by atoms with E-state index in [1.807, 2.05) is 38.4 Å². The molecule has 1 aliphatic heterocycles. The summed E-state index contributed by atoms with van der Waals surface area (Å²) < 4.78 is 0. The number of aryl methyl sites for hydroxylation is 1. The minimum absolute atomic E-state index is 0. The van der Waals surface area contributed by atoms with Crippen LogP contribution < -0.4 is 4.90 Å². The van der Waals surface area contributed by atoms with E-state index < -0.39 is 0 Å². The van der Waals surface area contributed by atoms with Crippen LogP contribution in [0.2, 0.25) is 0 Å². The van der Waals surface area contributed by atoms with Crippen molar-refractivity contribution in [3.05, 3.63) is 29.8 Å². The molecule has 0 aliphatic carbocycles. The summed E-state index contributed by atoms with van der Waals surface area (Å²) in [7, 11) is 3.92. The summed E-state index contributed by atoms with van der Waals surface area (Å²) in [4.78, 5) is 16.4. The fraction of sp³-hybridized carbons (Fsp3) is 0.533. The molecule has 19 heavy (non-hydrogen) atoms. The molecular weight excluding hydrogens is 260 g/mol. The van der Waals surface area contributed by atoms with Crippen LogP contribution in [-0.2, 0) is 4.79 Å². The Balaban J connectivity index is 0.00000180. The monoisotopic (exact) mass is 282 g/mol. The number of benzene rings is 1. The van der Waals surface area contributed by atoms with Gasteiger partial charge in [0.2, 0.25) is 5.91 Å². The molecule has 1 atom stereocenters. The first-order valence-corrected chi connectivity index (χ1v) is 6.64. The van der Waals surface area contributed by atoms with E-state index in [4.69, 9.17) is 0 Å². The molecule has 2 rings (SSSR count). The van der Waals surface area contributed by atoms with Crippen molar-refractivity contribution in [3.63, 3.8) is 0 Å². The molecule has 1 unspecified atom stereocenters. The second kappa shape index (κ2) is 6.92. The van der Waals surface area contributed by atoms with Crippen molar-refractivity contribution in [2.45, 2.75) is 32.2 Å². The summed E-state index contributed by atoms with van der Waals surface area (Å²) in [6, 6.07) is 8.16. The van der Waals surface area contributed by atoms with Crippen molar-refractivity contribution in [1.29, 1.82) is 0 Å². The number of halogens is 1. The number of hydrogen-bond acceptors (Lipinski definition) is 2. The number of amides is 1. The number of carbonyl (C=O) groups excluding carboxylic acids is 1. The van der Waals surface area contributed by atoms with Gasteiger partial charge in [-0.3, -0.25) is 9.69 Å². The molecule has 0 radical (unpaired) electrons. The Morgan fingerprint density at radius 3 is 2.47 bits per heavy atom. The van der Waals surface area contributed by atoms with Crippen LogP contribution in [0.5, 0.6) is 0 Å². The number of likely N-dealkylation sites (tertiary alicyclic amines) is 1. The highest BCUT2D eigenvalue weighted by Gasteiger charge is 2.28. The van der Waals surface area contributed by atoms with Crippen LogP contribution in [0.1, 0.15) is 24.8 Å². The lowest BCUT2D eigenvalue weighted by Gasteiger charge is -2.34. The quantitative estimate of drug-likeness (QED) is 0.833. The molecule has 0 aromatic heterocycles. The molecule has 1 heterocycles. The van der Waals surface area contributed by atoms with Gasteiger partial charge < -0.3 is 4.90 Å². The summed E-state index contributed by atoms with van der Waals surface area (Å²) in [6.07, 6.45) is 3.34. The number of carbonyl (C=O) groups is 1. The lowest BCUT2D eigenvalue weighted by Crippen LogP contribution is -2.48. The van der Waals surface area contributed by atoms with Gasteiger partial charge in [-0.25, -0.2) is 0 Å². The van der Waals surface area contributed by atoms with Crippen molar-refractivity contribution < 1.29 is 4.79 Å². The summed E-state index contributed by atoms with van der Waals surface area (Å²) in [5.41, 5.74) is 2.19. The van der Waals surface area contributed by atoms with E-state index in [2.05, 4.69) is 11.8 Å². The van der Waals surface area contributed by atoms with Gasteiger partial charge in [0.1, 0.15) is 0 Å². The minimum atomic E-state index is 0. The van der Waals surface area contributed by atoms with E-state index >= 15 is 0 Å². The number of piperidine rings is 1. The van der Waals surface area contributed by atoms with Crippen LogP contribution >= 0.6 is 12.4 Å². The maximum absolute atomic E-state index is 12.5. The number of nitrogens with zero attached hydrogens (tertiary/aromatic N) is 2. The smallest absolute Gasteiger partial charge is 0.244 e. The summed E-state index contributed by atoms with van der Waals surface area (Å²) >= 11 is 0. The molecule has 1 fully saturated rings. The van der Waals surface area contributed by atoms with Gasteiger partial charge in [0.25, 0.3) is 0 Å². The summed E-state index contributed by atoms with van der Waals surface area (Å²) in [5, 5.41) is 0. The van der Waals surface area contributed by atoms with Gasteiger partial charge in [-0.1, -0.05) is 24.1 Å². The van der Waals surface area contributed by atoms with Crippen LogP contribution in [0.25, 0.3) is 0 Å². The van der Waals surface area contributed by atoms with Gasteiger partial charge in [0.15, 0.2) is 0 Å². The molecule has 1 aromatic carbocycles. The Labute approximate surface area is 122 Å². The number of hydrogen-bond donors (Lipinski definition) is 0. The van der Waals surface area contributed by atoms with Gasteiger partial charge in [-0.15, -0.1) is 12.4 Å². The lowest BCUT2D eigenvalue weighted by molar-refractivity contribution is -0.124. The number of likely N-dealkylation sites (N-methyl/N-ethyl adjacent to an activating group) is 2. The predicted octanol–water partition coefficient (Wildman–Crippen LogP) is 2.86. The van der Waals surface area contributed by atoms with Gasteiger partial charge in [0.05, 0.1) is 6.04 Å². The van der Waals surface area contributed by atoms with Crippen LogP contribution in [0.15, 0.2) is 24.3 Å². The van der Waals surface area contributed by atoms with E-state index in [1.54, 1.807) is 4.90 Å². The Bertz CT molecular complexity index is 419. The largest absolute Gasteiger partial charge is 0.314 e. The van der Waals surface area contributed by atoms with Gasteiger partial charge >= 0.3 is 0 Å². The average molecular weight is 283 g/mol. The maximum Gasteiger partial charge on any atom is 0.244 e. The van der Waals surface area contributed by atoms with E-state index in [0.29, 0.717) is 0 Å². The first kappa shape index (κ1) is 16.0. The molecular formula is C15H23ClN2O. The second-order valence-corrected chi connectivity index (χ2v) is 5.22. The van der Waals surface area contributed by atoms with Crippen molar-refractivity contribution in [2.24, 2.45) is 0 Å². The van der Waals surface area contributed by atoms with Crippen LogP contribution in [0.3, 0.4) is 0 Å². The van der Waals surface area contributed by atoms with E-state index in [0.717, 1.165) is 25.1 Å². The van der Waals surface area contributed by atoms with E-state index in [1.165, 1.54) is 12.0 Å². The normalized spacial score (nSPS) is 19.6. The fourth-order valence-electron chi connectivity index (χ4n) is 2.51. The molecule has 1 aliphatic rings. The van der Waals surface area contributed by atoms with Gasteiger partial charge in [0, 0.05) is 12.7 Å². The molecule has 106 valence electrons. The first-order valence-electron chi connectivity index (χ1n) is 6.64. The number of anilines is 1. The Kier molecular flexibility index (Phi) is 5.83. The zero-order valence-corrected chi connectivity index (χ0v) is 12.7. The van der Waals surface area contributed by atoms with Crippen LogP contribution in [0.4, 0.5) is 5.69 Å². The Morgan fingerprint density at radius 2 is 1.89 bits per heavy atom. The SMILES string of the molecule is Cc1ccc(N(C)C(=O)C2CCCCN2C)cc1.Cl. The van der Waals surface area contributed by atoms with Crippen molar-refractivity contribution in [3.8, 4) is 0 Å². The predicted molar refractivity (Wildman–Crippen MR) is 82.1 cm³/mol. The highest BCUT2D eigenvalue weighted by atomic mass is 35.5. The maximum atomic E-state index is 12.5. The zero-order chi connectivity index (χ0) is 13.1. The molecule has 1 saturated heterocycles. The van der Waals surface area contributed by atoms with E-state index in [-0.39, 0.29) is 24.4 Å². The zero-order valence-electron chi connectivity index (χ0n) is 11.9. The third kappa shape index (κ3) is 3.71. The minimum Gasteiger partial charge on any atom is -0.314 e. The van der Waals surface area contributed by atoms with Crippen LogP contribution in [-0.4, -0.2) is 37.5 Å².